The van der Waals surface area contributed by atoms with Crippen molar-refractivity contribution in [1.82, 2.24) is 9.97 Å². The van der Waals surface area contributed by atoms with Crippen LogP contribution in [0.2, 0.25) is 0 Å². The summed E-state index contributed by atoms with van der Waals surface area (Å²) in [5, 5.41) is 2.94. The maximum Gasteiger partial charge on any atom is 0.288 e. The Morgan fingerprint density at radius 2 is 1.60 bits per heavy atom. The van der Waals surface area contributed by atoms with Crippen LogP contribution in [-0.4, -0.2) is 26.9 Å². The van der Waals surface area contributed by atoms with E-state index in [1.54, 1.807) is 31.2 Å². The Morgan fingerprint density at radius 1 is 1.04 bits per heavy atom. The molecule has 1 N–H and O–H groups in total. The summed E-state index contributed by atoms with van der Waals surface area (Å²) in [4.78, 5) is 21.6. The summed E-state index contributed by atoms with van der Waals surface area (Å²) >= 11 is 1.75. The minimum absolute atomic E-state index is 0.196. The smallest absolute Gasteiger partial charge is 0.288 e. The average molecular weight is 383 g/mol. The van der Waals surface area contributed by atoms with Gasteiger partial charge in [0.15, 0.2) is 5.16 Å². The first-order valence-electron chi connectivity index (χ1n) is 7.60. The van der Waals surface area contributed by atoms with Gasteiger partial charge < -0.3 is 5.32 Å². The molecule has 25 heavy (non-hydrogen) atoms. The molecule has 0 fully saturated rings. The fraction of sp³-hybridized carbons (Fsp3) is 0.353. The molecule has 1 amide bonds. The number of hydrogen-bond acceptors (Lipinski definition) is 5. The summed E-state index contributed by atoms with van der Waals surface area (Å²) in [5.41, 5.74) is 3.40. The van der Waals surface area contributed by atoms with Gasteiger partial charge in [-0.15, -0.1) is 0 Å². The van der Waals surface area contributed by atoms with Crippen molar-refractivity contribution in [2.45, 2.75) is 48.8 Å². The summed E-state index contributed by atoms with van der Waals surface area (Å²) in [6, 6.07) is 6.33. The van der Waals surface area contributed by atoms with Gasteiger partial charge in [0.25, 0.3) is 5.76 Å². The molecule has 134 valence electrons. The average Bonchev–Trinajstić information content (AvgIpc) is 2.53. The third kappa shape index (κ3) is 5.67. The minimum atomic E-state index is -2.46. The van der Waals surface area contributed by atoms with Crippen LogP contribution in [0.5, 0.6) is 0 Å². The third-order valence-corrected chi connectivity index (χ3v) is 5.29. The van der Waals surface area contributed by atoms with Gasteiger partial charge in [-0.2, -0.15) is 8.78 Å². The van der Waals surface area contributed by atoms with Gasteiger partial charge in [-0.3, -0.25) is 4.79 Å². The number of anilines is 1. The van der Waals surface area contributed by atoms with E-state index in [2.05, 4.69) is 15.3 Å². The molecule has 2 aromatic rings. The van der Waals surface area contributed by atoms with E-state index in [0.29, 0.717) is 27.5 Å². The van der Waals surface area contributed by atoms with Crippen LogP contribution in [0.4, 0.5) is 14.5 Å². The van der Waals surface area contributed by atoms with E-state index >= 15 is 0 Å². The fourth-order valence-electron chi connectivity index (χ4n) is 1.97. The highest BCUT2D eigenvalue weighted by molar-refractivity contribution is 8.00. The Kier molecular flexibility index (Phi) is 6.78. The second kappa shape index (κ2) is 8.62. The third-order valence-electron chi connectivity index (χ3n) is 3.61. The van der Waals surface area contributed by atoms with E-state index in [1.165, 1.54) is 11.8 Å². The summed E-state index contributed by atoms with van der Waals surface area (Å²) in [6.07, 6.45) is 0. The first kappa shape index (κ1) is 19.7. The summed E-state index contributed by atoms with van der Waals surface area (Å²) in [5.74, 6) is -2.66. The van der Waals surface area contributed by atoms with Gasteiger partial charge in [0.2, 0.25) is 5.91 Å². The highest BCUT2D eigenvalue weighted by Crippen LogP contribution is 2.27. The molecule has 4 nitrogen and oxygen atoms in total. The van der Waals surface area contributed by atoms with Gasteiger partial charge in [0.1, 0.15) is 0 Å². The lowest BCUT2D eigenvalue weighted by molar-refractivity contribution is -0.115. The highest BCUT2D eigenvalue weighted by atomic mass is 32.2. The standard InChI is InChI=1S/C17H19F2N3OS2/c1-9-10(2)20-17(21-11(9)3)24-12(4)15(23)22-13-5-7-14(8-6-13)25-16(18)19/h5-8,12,16H,1-4H3,(H,22,23)/t12-/m1/s1. The molecule has 0 saturated heterocycles. The highest BCUT2D eigenvalue weighted by Gasteiger charge is 2.17. The first-order valence-corrected chi connectivity index (χ1v) is 9.36. The molecule has 0 aliphatic heterocycles. The zero-order valence-corrected chi connectivity index (χ0v) is 16.0. The summed E-state index contributed by atoms with van der Waals surface area (Å²) < 4.78 is 24.6. The van der Waals surface area contributed by atoms with E-state index in [9.17, 15) is 13.6 Å². The predicted molar refractivity (Wildman–Crippen MR) is 98.5 cm³/mol. The van der Waals surface area contributed by atoms with Crippen molar-refractivity contribution in [1.29, 1.82) is 0 Å². The van der Waals surface area contributed by atoms with E-state index in [-0.39, 0.29) is 5.91 Å². The number of amides is 1. The SMILES string of the molecule is Cc1nc(S[C@H](C)C(=O)Nc2ccc(SC(F)F)cc2)nc(C)c1C. The van der Waals surface area contributed by atoms with Crippen LogP contribution in [-0.2, 0) is 4.79 Å². The number of nitrogens with zero attached hydrogens (tertiary/aromatic N) is 2. The molecule has 0 aliphatic rings. The van der Waals surface area contributed by atoms with Crippen molar-refractivity contribution in [3.63, 3.8) is 0 Å². The minimum Gasteiger partial charge on any atom is -0.325 e. The number of hydrogen-bond donors (Lipinski definition) is 1. The second-order valence-electron chi connectivity index (χ2n) is 5.45. The number of alkyl halides is 2. The molecule has 0 bridgehead atoms. The van der Waals surface area contributed by atoms with Crippen LogP contribution in [0.1, 0.15) is 23.9 Å². The normalized spacial score (nSPS) is 12.3. The van der Waals surface area contributed by atoms with Gasteiger partial charge in [-0.1, -0.05) is 23.5 Å². The van der Waals surface area contributed by atoms with Crippen molar-refractivity contribution in [2.75, 3.05) is 5.32 Å². The number of nitrogens with one attached hydrogen (secondary N) is 1. The van der Waals surface area contributed by atoms with E-state index in [4.69, 9.17) is 0 Å². The van der Waals surface area contributed by atoms with Crippen LogP contribution in [0.3, 0.4) is 0 Å². The number of carbonyl (C=O) groups is 1. The van der Waals surface area contributed by atoms with Crippen molar-refractivity contribution < 1.29 is 13.6 Å². The molecular weight excluding hydrogens is 364 g/mol. The molecule has 0 aliphatic carbocycles. The van der Waals surface area contributed by atoms with E-state index in [1.807, 2.05) is 20.8 Å². The molecule has 2 rings (SSSR count). The molecule has 0 saturated carbocycles. The van der Waals surface area contributed by atoms with E-state index in [0.717, 1.165) is 17.0 Å². The Bertz CT molecular complexity index is 731. The zero-order valence-electron chi connectivity index (χ0n) is 14.3. The van der Waals surface area contributed by atoms with Crippen LogP contribution < -0.4 is 5.32 Å². The first-order chi connectivity index (χ1) is 11.8. The fourth-order valence-corrected chi connectivity index (χ4v) is 3.33. The van der Waals surface area contributed by atoms with Crippen molar-refractivity contribution in [2.24, 2.45) is 0 Å². The topological polar surface area (TPSA) is 54.9 Å². The maximum absolute atomic E-state index is 12.3. The van der Waals surface area contributed by atoms with Crippen LogP contribution >= 0.6 is 23.5 Å². The van der Waals surface area contributed by atoms with Gasteiger partial charge in [-0.25, -0.2) is 9.97 Å². The van der Waals surface area contributed by atoms with E-state index < -0.39 is 11.0 Å². The van der Waals surface area contributed by atoms with Crippen molar-refractivity contribution in [3.05, 3.63) is 41.2 Å². The lowest BCUT2D eigenvalue weighted by Gasteiger charge is -2.13. The molecule has 1 atom stereocenters. The monoisotopic (exact) mass is 383 g/mol. The zero-order chi connectivity index (χ0) is 18.6. The lowest BCUT2D eigenvalue weighted by atomic mass is 10.2. The quantitative estimate of drug-likeness (QED) is 0.572. The van der Waals surface area contributed by atoms with Gasteiger partial charge >= 0.3 is 0 Å². The Morgan fingerprint density at radius 3 is 2.12 bits per heavy atom. The van der Waals surface area contributed by atoms with Gasteiger partial charge in [0, 0.05) is 22.0 Å². The largest absolute Gasteiger partial charge is 0.325 e. The summed E-state index contributed by atoms with van der Waals surface area (Å²) in [6.45, 7) is 7.57. The summed E-state index contributed by atoms with van der Waals surface area (Å²) in [7, 11) is 0. The van der Waals surface area contributed by atoms with Crippen LogP contribution in [0.15, 0.2) is 34.3 Å². The number of benzene rings is 1. The predicted octanol–water partition coefficient (Wildman–Crippen LogP) is 4.84. The van der Waals surface area contributed by atoms with Gasteiger partial charge in [-0.05, 0) is 57.5 Å². The number of carbonyl (C=O) groups excluding carboxylic acids is 1. The molecule has 0 radical (unpaired) electrons. The molecule has 1 aromatic carbocycles. The molecular formula is C17H19F2N3OS2. The van der Waals surface area contributed by atoms with Crippen molar-refractivity contribution in [3.8, 4) is 0 Å². The Labute approximate surface area is 154 Å². The number of aryl methyl sites for hydroxylation is 2. The molecule has 0 unspecified atom stereocenters. The second-order valence-corrected chi connectivity index (χ2v) is 7.83. The maximum atomic E-state index is 12.3. The Balaban J connectivity index is 1.98. The molecule has 1 aromatic heterocycles. The number of rotatable bonds is 6. The van der Waals surface area contributed by atoms with Gasteiger partial charge in [0.05, 0.1) is 5.25 Å². The van der Waals surface area contributed by atoms with Crippen LogP contribution in [0, 0.1) is 20.8 Å². The number of aromatic nitrogens is 2. The van der Waals surface area contributed by atoms with Crippen LogP contribution in [0.25, 0.3) is 0 Å². The Hall–Kier alpha value is -1.67. The lowest BCUT2D eigenvalue weighted by Crippen LogP contribution is -2.22. The van der Waals surface area contributed by atoms with Crippen molar-refractivity contribution >= 4 is 35.1 Å². The number of halogens is 2. The molecule has 8 heteroatoms. The molecule has 0 spiro atoms. The number of thioether (sulfide) groups is 2. The molecule has 1 heterocycles.